The largest absolute Gasteiger partial charge is 0.373 e. The lowest BCUT2D eigenvalue weighted by atomic mass is 10.0. The number of hydrogen-bond donors (Lipinski definition) is 2. The molecular weight excluding hydrogens is 330 g/mol. The van der Waals surface area contributed by atoms with Crippen LogP contribution in [0, 0.1) is 0 Å². The molecule has 0 aliphatic carbocycles. The first-order valence-electron chi connectivity index (χ1n) is 8.93. The van der Waals surface area contributed by atoms with Crippen LogP contribution < -0.4 is 11.1 Å². The number of nitrogens with two attached hydrogens (primary N) is 1. The van der Waals surface area contributed by atoms with E-state index in [2.05, 4.69) is 5.32 Å². The molecule has 26 heavy (non-hydrogen) atoms. The number of carbonyl (C=O) groups excluding carboxylic acids is 2. The molecule has 0 saturated carbocycles. The van der Waals surface area contributed by atoms with Crippen LogP contribution in [0.5, 0.6) is 0 Å². The van der Waals surface area contributed by atoms with E-state index in [1.165, 1.54) is 0 Å². The van der Waals surface area contributed by atoms with Gasteiger partial charge in [-0.15, -0.1) is 0 Å². The van der Waals surface area contributed by atoms with Crippen molar-refractivity contribution in [2.75, 3.05) is 26.2 Å². The lowest BCUT2D eigenvalue weighted by Crippen LogP contribution is -2.53. The molecule has 138 valence electrons. The fourth-order valence-corrected chi connectivity index (χ4v) is 3.19. The van der Waals surface area contributed by atoms with E-state index in [-0.39, 0.29) is 36.9 Å². The summed E-state index contributed by atoms with van der Waals surface area (Å²) in [5.41, 5.74) is 6.81. The van der Waals surface area contributed by atoms with Crippen molar-refractivity contribution in [3.63, 3.8) is 0 Å². The third-order valence-corrected chi connectivity index (χ3v) is 4.70. The molecule has 1 saturated heterocycles. The van der Waals surface area contributed by atoms with Gasteiger partial charge in [-0.05, 0) is 23.3 Å². The summed E-state index contributed by atoms with van der Waals surface area (Å²) in [6, 6.07) is 13.7. The molecule has 0 unspecified atom stereocenters. The van der Waals surface area contributed by atoms with Gasteiger partial charge in [0.05, 0.1) is 25.7 Å². The Labute approximate surface area is 153 Å². The highest BCUT2D eigenvalue weighted by atomic mass is 16.5. The standard InChI is InChI=1S/C20H25N3O3/c1-14(21)18-13-23(9-10-26-18)20(25)12-22-19(24)11-16-7-4-6-15-5-2-3-8-17(15)16/h2-8,14,18H,9-13,21H2,1H3,(H,22,24)/t14-,18+/m0/s1. The minimum Gasteiger partial charge on any atom is -0.373 e. The number of hydrogen-bond acceptors (Lipinski definition) is 4. The average molecular weight is 355 g/mol. The molecule has 1 aliphatic rings. The fourth-order valence-electron chi connectivity index (χ4n) is 3.19. The SMILES string of the molecule is C[C@H](N)[C@H]1CN(C(=O)CNC(=O)Cc2cccc3ccccc23)CCO1. The van der Waals surface area contributed by atoms with Crippen molar-refractivity contribution >= 4 is 22.6 Å². The van der Waals surface area contributed by atoms with Crippen molar-refractivity contribution in [2.24, 2.45) is 5.73 Å². The molecule has 2 amide bonds. The third kappa shape index (κ3) is 4.39. The van der Waals surface area contributed by atoms with Gasteiger partial charge in [-0.3, -0.25) is 9.59 Å². The van der Waals surface area contributed by atoms with Crippen LogP contribution in [-0.2, 0) is 20.7 Å². The average Bonchev–Trinajstić information content (AvgIpc) is 2.66. The van der Waals surface area contributed by atoms with E-state index in [1.54, 1.807) is 4.90 Å². The van der Waals surface area contributed by atoms with Crippen LogP contribution in [0.4, 0.5) is 0 Å². The minimum absolute atomic E-state index is 0.00469. The summed E-state index contributed by atoms with van der Waals surface area (Å²) >= 11 is 0. The van der Waals surface area contributed by atoms with Gasteiger partial charge in [0.2, 0.25) is 11.8 Å². The molecular formula is C20H25N3O3. The van der Waals surface area contributed by atoms with Crippen LogP contribution in [0.2, 0.25) is 0 Å². The van der Waals surface area contributed by atoms with E-state index in [0.717, 1.165) is 16.3 Å². The molecule has 1 heterocycles. The number of rotatable bonds is 5. The van der Waals surface area contributed by atoms with E-state index in [1.807, 2.05) is 49.4 Å². The normalized spacial score (nSPS) is 18.5. The van der Waals surface area contributed by atoms with Crippen molar-refractivity contribution in [2.45, 2.75) is 25.5 Å². The maximum absolute atomic E-state index is 12.4. The quantitative estimate of drug-likeness (QED) is 0.840. The molecule has 0 spiro atoms. The Morgan fingerprint density at radius 1 is 1.27 bits per heavy atom. The topological polar surface area (TPSA) is 84.7 Å². The van der Waals surface area contributed by atoms with Crippen molar-refractivity contribution in [1.82, 2.24) is 10.2 Å². The van der Waals surface area contributed by atoms with Gasteiger partial charge in [-0.2, -0.15) is 0 Å². The lowest BCUT2D eigenvalue weighted by molar-refractivity contribution is -0.139. The number of morpholine rings is 1. The van der Waals surface area contributed by atoms with E-state index < -0.39 is 0 Å². The summed E-state index contributed by atoms with van der Waals surface area (Å²) in [4.78, 5) is 26.3. The third-order valence-electron chi connectivity index (χ3n) is 4.70. The zero-order chi connectivity index (χ0) is 18.5. The molecule has 6 nitrogen and oxygen atoms in total. The van der Waals surface area contributed by atoms with Crippen LogP contribution in [0.1, 0.15) is 12.5 Å². The Kier molecular flexibility index (Phi) is 5.85. The van der Waals surface area contributed by atoms with Crippen molar-refractivity contribution in [1.29, 1.82) is 0 Å². The van der Waals surface area contributed by atoms with E-state index in [4.69, 9.17) is 10.5 Å². The lowest BCUT2D eigenvalue weighted by Gasteiger charge is -2.34. The summed E-state index contributed by atoms with van der Waals surface area (Å²) in [6.45, 7) is 3.33. The van der Waals surface area contributed by atoms with Gasteiger partial charge in [0.15, 0.2) is 0 Å². The van der Waals surface area contributed by atoms with Gasteiger partial charge in [-0.1, -0.05) is 42.5 Å². The van der Waals surface area contributed by atoms with Gasteiger partial charge in [0.25, 0.3) is 0 Å². The summed E-state index contributed by atoms with van der Waals surface area (Å²) in [7, 11) is 0. The number of nitrogens with zero attached hydrogens (tertiary/aromatic N) is 1. The highest BCUT2D eigenvalue weighted by Gasteiger charge is 2.26. The molecule has 2 atom stereocenters. The minimum atomic E-state index is -0.160. The van der Waals surface area contributed by atoms with Crippen LogP contribution in [0.3, 0.4) is 0 Å². The first-order chi connectivity index (χ1) is 12.5. The molecule has 2 aromatic carbocycles. The van der Waals surface area contributed by atoms with Crippen LogP contribution in [-0.4, -0.2) is 55.1 Å². The number of nitrogens with one attached hydrogen (secondary N) is 1. The molecule has 2 aromatic rings. The summed E-state index contributed by atoms with van der Waals surface area (Å²) in [5.74, 6) is -0.267. The Morgan fingerprint density at radius 3 is 2.85 bits per heavy atom. The Bertz CT molecular complexity index is 785. The second-order valence-corrected chi connectivity index (χ2v) is 6.70. The predicted molar refractivity (Wildman–Crippen MR) is 101 cm³/mol. The number of carbonyl (C=O) groups is 2. The number of ether oxygens (including phenoxy) is 1. The van der Waals surface area contributed by atoms with Crippen LogP contribution in [0.25, 0.3) is 10.8 Å². The molecule has 3 rings (SSSR count). The zero-order valence-corrected chi connectivity index (χ0v) is 15.0. The van der Waals surface area contributed by atoms with Gasteiger partial charge in [0.1, 0.15) is 0 Å². The number of amides is 2. The maximum atomic E-state index is 12.4. The van der Waals surface area contributed by atoms with Gasteiger partial charge >= 0.3 is 0 Å². The van der Waals surface area contributed by atoms with Gasteiger partial charge in [-0.25, -0.2) is 0 Å². The molecule has 6 heteroatoms. The van der Waals surface area contributed by atoms with Crippen molar-refractivity contribution in [3.05, 3.63) is 48.0 Å². The van der Waals surface area contributed by atoms with Gasteiger partial charge in [0, 0.05) is 19.1 Å². The molecule has 0 bridgehead atoms. The monoisotopic (exact) mass is 355 g/mol. The first kappa shape index (κ1) is 18.4. The molecule has 0 aromatic heterocycles. The Hall–Kier alpha value is -2.44. The molecule has 1 aliphatic heterocycles. The fraction of sp³-hybridized carbons (Fsp3) is 0.400. The van der Waals surface area contributed by atoms with E-state index in [9.17, 15) is 9.59 Å². The van der Waals surface area contributed by atoms with Crippen molar-refractivity contribution in [3.8, 4) is 0 Å². The summed E-state index contributed by atoms with van der Waals surface area (Å²) in [6.07, 6.45) is 0.0966. The number of fused-ring (bicyclic) bond motifs is 1. The van der Waals surface area contributed by atoms with Crippen molar-refractivity contribution < 1.29 is 14.3 Å². The molecule has 0 radical (unpaired) electrons. The van der Waals surface area contributed by atoms with E-state index >= 15 is 0 Å². The van der Waals surface area contributed by atoms with E-state index in [0.29, 0.717) is 19.7 Å². The number of benzene rings is 2. The second-order valence-electron chi connectivity index (χ2n) is 6.70. The van der Waals surface area contributed by atoms with Crippen LogP contribution >= 0.6 is 0 Å². The highest BCUT2D eigenvalue weighted by molar-refractivity contribution is 5.91. The Balaban J connectivity index is 1.54. The first-order valence-corrected chi connectivity index (χ1v) is 8.93. The van der Waals surface area contributed by atoms with Crippen LogP contribution in [0.15, 0.2) is 42.5 Å². The zero-order valence-electron chi connectivity index (χ0n) is 15.0. The predicted octanol–water partition coefficient (Wildman–Crippen LogP) is 1.07. The summed E-state index contributed by atoms with van der Waals surface area (Å²) in [5, 5.41) is 4.90. The van der Waals surface area contributed by atoms with Gasteiger partial charge < -0.3 is 20.7 Å². The Morgan fingerprint density at radius 2 is 2.04 bits per heavy atom. The second kappa shape index (κ2) is 8.29. The molecule has 1 fully saturated rings. The summed E-state index contributed by atoms with van der Waals surface area (Å²) < 4.78 is 5.56. The highest BCUT2D eigenvalue weighted by Crippen LogP contribution is 2.18. The smallest absolute Gasteiger partial charge is 0.242 e. The maximum Gasteiger partial charge on any atom is 0.242 e. The molecule has 3 N–H and O–H groups in total.